The van der Waals surface area contributed by atoms with Crippen LogP contribution in [0.5, 0.6) is 0 Å². The van der Waals surface area contributed by atoms with Crippen molar-refractivity contribution in [3.8, 4) is 0 Å². The summed E-state index contributed by atoms with van der Waals surface area (Å²) in [5, 5.41) is 12.0. The van der Waals surface area contributed by atoms with Crippen molar-refractivity contribution in [3.05, 3.63) is 28.8 Å². The number of nitrogens with one attached hydrogen (secondary N) is 1. The van der Waals surface area contributed by atoms with Crippen molar-refractivity contribution in [1.82, 2.24) is 0 Å². The smallest absolute Gasteiger partial charge is 0.337 e. The van der Waals surface area contributed by atoms with Gasteiger partial charge in [-0.2, -0.15) is 0 Å². The predicted octanol–water partition coefficient (Wildman–Crippen LogP) is 3.26. The third kappa shape index (κ3) is 3.64. The second kappa shape index (κ2) is 6.30. The van der Waals surface area contributed by atoms with Crippen LogP contribution in [0.3, 0.4) is 0 Å². The molecule has 2 rings (SSSR count). The fourth-order valence-corrected chi connectivity index (χ4v) is 3.33. The van der Waals surface area contributed by atoms with E-state index in [1.807, 2.05) is 0 Å². The lowest BCUT2D eigenvalue weighted by Gasteiger charge is -2.20. The SMILES string of the molecule is O=C(O)c1cc(Cl)ccc1NC(=O)C1CCCCS1. The molecule has 1 unspecified atom stereocenters. The van der Waals surface area contributed by atoms with Gasteiger partial charge in [-0.25, -0.2) is 4.79 Å². The molecule has 1 aromatic rings. The molecular weight excluding hydrogens is 286 g/mol. The summed E-state index contributed by atoms with van der Waals surface area (Å²) in [5.74, 6) is -0.256. The fraction of sp³-hybridized carbons (Fsp3) is 0.385. The molecule has 0 radical (unpaired) electrons. The number of halogens is 1. The van der Waals surface area contributed by atoms with Crippen LogP contribution in [0.25, 0.3) is 0 Å². The van der Waals surface area contributed by atoms with E-state index in [1.54, 1.807) is 17.8 Å². The zero-order chi connectivity index (χ0) is 13.8. The van der Waals surface area contributed by atoms with Crippen LogP contribution in [0.2, 0.25) is 5.02 Å². The number of hydrogen-bond acceptors (Lipinski definition) is 3. The van der Waals surface area contributed by atoms with Crippen molar-refractivity contribution >= 4 is 40.9 Å². The van der Waals surface area contributed by atoms with Gasteiger partial charge < -0.3 is 10.4 Å². The minimum absolute atomic E-state index is 0.0154. The number of thioether (sulfide) groups is 1. The second-order valence-corrected chi connectivity index (χ2v) is 6.09. The number of carbonyl (C=O) groups is 2. The number of hydrogen-bond donors (Lipinski definition) is 2. The van der Waals surface area contributed by atoms with Crippen molar-refractivity contribution in [2.24, 2.45) is 0 Å². The Bertz CT molecular complexity index is 501. The van der Waals surface area contributed by atoms with Gasteiger partial charge in [-0.15, -0.1) is 11.8 Å². The Kier molecular flexibility index (Phi) is 4.71. The van der Waals surface area contributed by atoms with Gasteiger partial charge in [-0.1, -0.05) is 18.0 Å². The van der Waals surface area contributed by atoms with Crippen LogP contribution < -0.4 is 5.32 Å². The number of carboxylic acids is 1. The first-order valence-corrected chi connectivity index (χ1v) is 7.46. The van der Waals surface area contributed by atoms with E-state index in [4.69, 9.17) is 16.7 Å². The topological polar surface area (TPSA) is 66.4 Å². The van der Waals surface area contributed by atoms with Crippen LogP contribution in [0, 0.1) is 0 Å². The molecule has 1 fully saturated rings. The standard InChI is InChI=1S/C13H14ClNO3S/c14-8-4-5-10(9(7-8)13(17)18)15-12(16)11-3-1-2-6-19-11/h4-5,7,11H,1-3,6H2,(H,15,16)(H,17,18). The first kappa shape index (κ1) is 14.2. The van der Waals surface area contributed by atoms with Crippen LogP contribution in [-0.2, 0) is 4.79 Å². The quantitative estimate of drug-likeness (QED) is 0.899. The van der Waals surface area contributed by atoms with E-state index >= 15 is 0 Å². The number of carboxylic acid groups (broad SMARTS) is 1. The molecule has 1 saturated heterocycles. The summed E-state index contributed by atoms with van der Waals surface area (Å²) in [6.07, 6.45) is 3.01. The maximum absolute atomic E-state index is 12.1. The highest BCUT2D eigenvalue weighted by Crippen LogP contribution is 2.27. The predicted molar refractivity (Wildman–Crippen MR) is 77.1 cm³/mol. The molecule has 1 heterocycles. The Balaban J connectivity index is 2.13. The Morgan fingerprint density at radius 3 is 2.79 bits per heavy atom. The van der Waals surface area contributed by atoms with Gasteiger partial charge in [-0.05, 0) is 36.8 Å². The van der Waals surface area contributed by atoms with Crippen molar-refractivity contribution in [2.45, 2.75) is 24.5 Å². The van der Waals surface area contributed by atoms with E-state index in [9.17, 15) is 9.59 Å². The Morgan fingerprint density at radius 1 is 1.37 bits per heavy atom. The fourth-order valence-electron chi connectivity index (χ4n) is 1.96. The van der Waals surface area contributed by atoms with Gasteiger partial charge in [0.05, 0.1) is 16.5 Å². The lowest BCUT2D eigenvalue weighted by atomic mass is 10.1. The summed E-state index contributed by atoms with van der Waals surface area (Å²) in [4.78, 5) is 23.2. The summed E-state index contributed by atoms with van der Waals surface area (Å²) < 4.78 is 0. The van der Waals surface area contributed by atoms with Crippen LogP contribution in [-0.4, -0.2) is 28.0 Å². The van der Waals surface area contributed by atoms with Gasteiger partial charge in [-0.3, -0.25) is 4.79 Å². The molecule has 0 bridgehead atoms. The summed E-state index contributed by atoms with van der Waals surface area (Å²) in [6.45, 7) is 0. The average Bonchev–Trinajstić information content (AvgIpc) is 2.41. The molecule has 0 aromatic heterocycles. The normalized spacial score (nSPS) is 18.9. The minimum Gasteiger partial charge on any atom is -0.478 e. The summed E-state index contributed by atoms with van der Waals surface area (Å²) in [6, 6.07) is 4.43. The monoisotopic (exact) mass is 299 g/mol. The molecule has 102 valence electrons. The molecule has 0 saturated carbocycles. The lowest BCUT2D eigenvalue weighted by Crippen LogP contribution is -2.28. The van der Waals surface area contributed by atoms with Crippen molar-refractivity contribution < 1.29 is 14.7 Å². The molecule has 1 amide bonds. The van der Waals surface area contributed by atoms with Crippen LogP contribution in [0.4, 0.5) is 5.69 Å². The number of rotatable bonds is 3. The lowest BCUT2D eigenvalue weighted by molar-refractivity contribution is -0.115. The minimum atomic E-state index is -1.10. The Morgan fingerprint density at radius 2 is 2.16 bits per heavy atom. The van der Waals surface area contributed by atoms with Gasteiger partial charge in [0.15, 0.2) is 0 Å². The molecule has 19 heavy (non-hydrogen) atoms. The molecule has 1 aromatic carbocycles. The highest BCUT2D eigenvalue weighted by molar-refractivity contribution is 8.00. The van der Waals surface area contributed by atoms with E-state index in [2.05, 4.69) is 5.32 Å². The Hall–Kier alpha value is -1.20. The molecule has 0 spiro atoms. The van der Waals surface area contributed by atoms with Gasteiger partial charge in [0.2, 0.25) is 5.91 Å². The summed E-state index contributed by atoms with van der Waals surface area (Å²) in [5.41, 5.74) is 0.315. The van der Waals surface area contributed by atoms with E-state index in [-0.39, 0.29) is 16.7 Å². The van der Waals surface area contributed by atoms with Crippen LogP contribution in [0.1, 0.15) is 29.6 Å². The van der Waals surface area contributed by atoms with Crippen molar-refractivity contribution in [1.29, 1.82) is 0 Å². The highest BCUT2D eigenvalue weighted by Gasteiger charge is 2.23. The molecule has 0 aliphatic carbocycles. The van der Waals surface area contributed by atoms with Crippen LogP contribution >= 0.6 is 23.4 Å². The summed E-state index contributed by atoms with van der Waals surface area (Å²) >= 11 is 7.39. The zero-order valence-corrected chi connectivity index (χ0v) is 11.8. The van der Waals surface area contributed by atoms with E-state index in [1.165, 1.54) is 12.1 Å². The largest absolute Gasteiger partial charge is 0.478 e. The average molecular weight is 300 g/mol. The molecule has 2 N–H and O–H groups in total. The van der Waals surface area contributed by atoms with Gasteiger partial charge in [0, 0.05) is 5.02 Å². The molecule has 1 aliphatic heterocycles. The van der Waals surface area contributed by atoms with Crippen LogP contribution in [0.15, 0.2) is 18.2 Å². The third-order valence-electron chi connectivity index (χ3n) is 2.94. The Labute approximate surface area is 120 Å². The van der Waals surface area contributed by atoms with Gasteiger partial charge >= 0.3 is 5.97 Å². The number of aromatic carboxylic acids is 1. The second-order valence-electron chi connectivity index (χ2n) is 4.34. The molecule has 6 heteroatoms. The molecule has 1 aliphatic rings. The summed E-state index contributed by atoms with van der Waals surface area (Å²) in [7, 11) is 0. The number of carbonyl (C=O) groups excluding carboxylic acids is 1. The van der Waals surface area contributed by atoms with Crippen molar-refractivity contribution in [2.75, 3.05) is 11.1 Å². The first-order chi connectivity index (χ1) is 9.08. The number of anilines is 1. The zero-order valence-electron chi connectivity index (χ0n) is 10.2. The first-order valence-electron chi connectivity index (χ1n) is 6.03. The highest BCUT2D eigenvalue weighted by atomic mass is 35.5. The van der Waals surface area contributed by atoms with Gasteiger partial charge in [0.1, 0.15) is 0 Å². The molecular formula is C13H14ClNO3S. The molecule has 4 nitrogen and oxygen atoms in total. The maximum Gasteiger partial charge on any atom is 0.337 e. The van der Waals surface area contributed by atoms with E-state index < -0.39 is 5.97 Å². The molecule has 1 atom stereocenters. The van der Waals surface area contributed by atoms with E-state index in [0.29, 0.717) is 10.7 Å². The number of amides is 1. The van der Waals surface area contributed by atoms with E-state index in [0.717, 1.165) is 25.0 Å². The van der Waals surface area contributed by atoms with Crippen molar-refractivity contribution in [3.63, 3.8) is 0 Å². The maximum atomic E-state index is 12.1. The third-order valence-corrected chi connectivity index (χ3v) is 4.55. The van der Waals surface area contributed by atoms with Gasteiger partial charge in [0.25, 0.3) is 0 Å². The number of benzene rings is 1.